The van der Waals surface area contributed by atoms with Crippen LogP contribution in [-0.4, -0.2) is 31.8 Å². The molecule has 0 aliphatic rings. The summed E-state index contributed by atoms with van der Waals surface area (Å²) < 4.78 is 39.1. The Balaban J connectivity index is 2.34. The van der Waals surface area contributed by atoms with Crippen LogP contribution in [-0.2, 0) is 30.5 Å². The van der Waals surface area contributed by atoms with Gasteiger partial charge < -0.3 is 4.40 Å². The van der Waals surface area contributed by atoms with Gasteiger partial charge in [0.05, 0.1) is 18.7 Å². The molecule has 0 saturated heterocycles. The highest BCUT2D eigenvalue weighted by atomic mass is 32.2. The Morgan fingerprint density at radius 2 is 1.47 bits per heavy atom. The molecule has 3 aromatic rings. The van der Waals surface area contributed by atoms with E-state index in [0.717, 1.165) is 16.7 Å². The number of rotatable bonds is 10. The number of pyridine rings is 1. The SMILES string of the molecule is CCCOS(=O)c1c(S(=O)OCCC)c2ccc(C)cn2c1C(=O)c1ccc(C)cc1C. The second kappa shape index (κ2) is 10.7. The first kappa shape index (κ1) is 24.5. The summed E-state index contributed by atoms with van der Waals surface area (Å²) in [4.78, 5) is 14.1. The van der Waals surface area contributed by atoms with E-state index in [1.54, 1.807) is 22.7 Å². The number of carbonyl (C=O) groups is 1. The fourth-order valence-corrected chi connectivity index (χ4v) is 5.94. The summed E-state index contributed by atoms with van der Waals surface area (Å²) in [7, 11) is 0. The second-order valence-electron chi connectivity index (χ2n) is 7.73. The molecule has 0 aliphatic carbocycles. The average Bonchev–Trinajstić information content (AvgIpc) is 3.09. The van der Waals surface area contributed by atoms with Crippen LogP contribution < -0.4 is 0 Å². The molecule has 6 nitrogen and oxygen atoms in total. The van der Waals surface area contributed by atoms with Gasteiger partial charge in [0.1, 0.15) is 15.5 Å². The largest absolute Gasteiger partial charge is 0.311 e. The van der Waals surface area contributed by atoms with Crippen molar-refractivity contribution in [1.82, 2.24) is 4.40 Å². The minimum atomic E-state index is -1.99. The number of hydrogen-bond acceptors (Lipinski definition) is 5. The normalized spacial score (nSPS) is 13.4. The van der Waals surface area contributed by atoms with Gasteiger partial charge in [-0.05, 0) is 50.8 Å². The van der Waals surface area contributed by atoms with Crippen LogP contribution in [0.3, 0.4) is 0 Å². The zero-order valence-corrected chi connectivity index (χ0v) is 20.7. The van der Waals surface area contributed by atoms with Crippen molar-refractivity contribution in [3.05, 3.63) is 64.5 Å². The number of nitrogens with zero attached hydrogens (tertiary/aromatic N) is 1. The summed E-state index contributed by atoms with van der Waals surface area (Å²) in [6.45, 7) is 10.1. The molecule has 0 saturated carbocycles. The van der Waals surface area contributed by atoms with Crippen molar-refractivity contribution in [2.45, 2.75) is 57.3 Å². The number of carbonyl (C=O) groups excluding carboxylic acids is 1. The smallest absolute Gasteiger partial charge is 0.211 e. The van der Waals surface area contributed by atoms with E-state index >= 15 is 0 Å². The molecule has 0 aliphatic heterocycles. The topological polar surface area (TPSA) is 74.1 Å². The Labute approximate surface area is 194 Å². The molecule has 1 aromatic carbocycles. The predicted octanol–water partition coefficient (Wildman–Crippen LogP) is 4.99. The van der Waals surface area contributed by atoms with Crippen molar-refractivity contribution >= 4 is 33.5 Å². The zero-order valence-electron chi connectivity index (χ0n) is 19.1. The van der Waals surface area contributed by atoms with Gasteiger partial charge in [0.25, 0.3) is 0 Å². The van der Waals surface area contributed by atoms with Crippen LogP contribution in [0.25, 0.3) is 5.52 Å². The fraction of sp³-hybridized carbons (Fsp3) is 0.375. The first-order valence-corrected chi connectivity index (χ1v) is 12.8. The van der Waals surface area contributed by atoms with E-state index in [1.165, 1.54) is 0 Å². The average molecular weight is 476 g/mol. The van der Waals surface area contributed by atoms with Gasteiger partial charge in [0.2, 0.25) is 5.78 Å². The minimum Gasteiger partial charge on any atom is -0.311 e. The molecule has 8 heteroatoms. The van der Waals surface area contributed by atoms with E-state index in [2.05, 4.69) is 0 Å². The molecule has 172 valence electrons. The standard InChI is InChI=1S/C24H29NO5S2/c1-6-12-29-31(27)23-20-11-9-17(4)15-25(20)21(24(23)32(28)30-13-7-2)22(26)19-10-8-16(3)14-18(19)5/h8-11,14-15H,6-7,12-13H2,1-5H3. The van der Waals surface area contributed by atoms with Crippen LogP contribution in [0.1, 0.15) is 59.4 Å². The van der Waals surface area contributed by atoms with Crippen LogP contribution in [0.2, 0.25) is 0 Å². The molecule has 2 atom stereocenters. The number of ketones is 1. The number of fused-ring (bicyclic) bond motifs is 1. The van der Waals surface area contributed by atoms with Crippen molar-refractivity contribution in [3.8, 4) is 0 Å². The van der Waals surface area contributed by atoms with E-state index in [9.17, 15) is 13.2 Å². The Morgan fingerprint density at radius 1 is 0.875 bits per heavy atom. The van der Waals surface area contributed by atoms with Gasteiger partial charge >= 0.3 is 0 Å². The maximum absolute atomic E-state index is 13.8. The monoisotopic (exact) mass is 475 g/mol. The molecule has 0 radical (unpaired) electrons. The first-order chi connectivity index (χ1) is 15.3. The predicted molar refractivity (Wildman–Crippen MR) is 127 cm³/mol. The summed E-state index contributed by atoms with van der Waals surface area (Å²) >= 11 is -3.90. The Kier molecular flexibility index (Phi) is 8.16. The van der Waals surface area contributed by atoms with Gasteiger partial charge in [-0.3, -0.25) is 13.2 Å². The zero-order chi connectivity index (χ0) is 23.4. The lowest BCUT2D eigenvalue weighted by Gasteiger charge is -2.10. The molecule has 0 amide bonds. The van der Waals surface area contributed by atoms with Crippen LogP contribution in [0.15, 0.2) is 46.3 Å². The van der Waals surface area contributed by atoms with Gasteiger partial charge in [0, 0.05) is 11.8 Å². The van der Waals surface area contributed by atoms with E-state index in [1.807, 2.05) is 52.8 Å². The molecule has 0 spiro atoms. The van der Waals surface area contributed by atoms with Crippen LogP contribution >= 0.6 is 0 Å². The van der Waals surface area contributed by atoms with Crippen molar-refractivity contribution in [3.63, 3.8) is 0 Å². The molecular weight excluding hydrogens is 446 g/mol. The molecule has 2 aromatic heterocycles. The third-order valence-electron chi connectivity index (χ3n) is 4.96. The molecule has 0 bridgehead atoms. The highest BCUT2D eigenvalue weighted by Crippen LogP contribution is 2.33. The molecule has 0 fully saturated rings. The van der Waals surface area contributed by atoms with Crippen LogP contribution in [0.4, 0.5) is 0 Å². The lowest BCUT2D eigenvalue weighted by atomic mass is 10.0. The molecule has 2 unspecified atom stereocenters. The quantitative estimate of drug-likeness (QED) is 0.386. The maximum Gasteiger partial charge on any atom is 0.211 e. The number of aryl methyl sites for hydroxylation is 3. The number of benzene rings is 1. The van der Waals surface area contributed by atoms with Crippen molar-refractivity contribution in [2.75, 3.05) is 13.2 Å². The summed E-state index contributed by atoms with van der Waals surface area (Å²) in [6, 6.07) is 9.21. The molecular formula is C24H29NO5S2. The summed E-state index contributed by atoms with van der Waals surface area (Å²) in [5.74, 6) is -0.301. The van der Waals surface area contributed by atoms with Crippen molar-refractivity contribution in [2.24, 2.45) is 0 Å². The summed E-state index contributed by atoms with van der Waals surface area (Å²) in [5, 5.41) is 0. The molecule has 2 heterocycles. The van der Waals surface area contributed by atoms with Gasteiger partial charge in [0.15, 0.2) is 22.2 Å². The highest BCUT2D eigenvalue weighted by molar-refractivity contribution is 7.83. The number of aromatic nitrogens is 1. The van der Waals surface area contributed by atoms with Crippen molar-refractivity contribution in [1.29, 1.82) is 0 Å². The maximum atomic E-state index is 13.8. The highest BCUT2D eigenvalue weighted by Gasteiger charge is 2.32. The van der Waals surface area contributed by atoms with Crippen LogP contribution in [0.5, 0.6) is 0 Å². The van der Waals surface area contributed by atoms with E-state index in [0.29, 0.717) is 23.9 Å². The summed E-state index contributed by atoms with van der Waals surface area (Å²) in [5.41, 5.74) is 3.96. The van der Waals surface area contributed by atoms with Gasteiger partial charge in [-0.25, -0.2) is 8.42 Å². The fourth-order valence-electron chi connectivity index (χ4n) is 3.47. The van der Waals surface area contributed by atoms with E-state index < -0.39 is 22.2 Å². The molecule has 32 heavy (non-hydrogen) atoms. The lowest BCUT2D eigenvalue weighted by molar-refractivity contribution is 0.102. The van der Waals surface area contributed by atoms with Crippen LogP contribution in [0, 0.1) is 20.8 Å². The number of hydrogen-bond donors (Lipinski definition) is 0. The first-order valence-electron chi connectivity index (χ1n) is 10.7. The molecule has 3 rings (SSSR count). The van der Waals surface area contributed by atoms with Gasteiger partial charge in [-0.1, -0.05) is 43.7 Å². The van der Waals surface area contributed by atoms with Gasteiger partial charge in [-0.15, -0.1) is 0 Å². The Bertz CT molecular complexity index is 1200. The van der Waals surface area contributed by atoms with Crippen molar-refractivity contribution < 1.29 is 21.6 Å². The third-order valence-corrected chi connectivity index (χ3v) is 7.32. The van der Waals surface area contributed by atoms with Gasteiger partial charge in [-0.2, -0.15) is 0 Å². The summed E-state index contributed by atoms with van der Waals surface area (Å²) in [6.07, 6.45) is 3.12. The Hall–Kier alpha value is -2.13. The Morgan fingerprint density at radius 3 is 2.06 bits per heavy atom. The second-order valence-corrected chi connectivity index (χ2v) is 9.96. The molecule has 0 N–H and O–H groups in total. The lowest BCUT2D eigenvalue weighted by Crippen LogP contribution is -2.13. The minimum absolute atomic E-state index is 0.114. The van der Waals surface area contributed by atoms with E-state index in [-0.39, 0.29) is 34.5 Å². The van der Waals surface area contributed by atoms with E-state index in [4.69, 9.17) is 8.37 Å². The third kappa shape index (κ3) is 4.93.